The zero-order valence-electron chi connectivity index (χ0n) is 15.1. The first-order valence-corrected chi connectivity index (χ1v) is 8.40. The molecular weight excluding hydrogens is 443 g/mol. The third-order valence-corrected chi connectivity index (χ3v) is 3.58. The molecule has 9 heteroatoms. The molecule has 6 nitrogen and oxygen atoms in total. The minimum Gasteiger partial charge on any atom is -0.396 e. The van der Waals surface area contributed by atoms with Gasteiger partial charge in [0.25, 0.3) is 0 Å². The number of imidazole rings is 1. The van der Waals surface area contributed by atoms with Gasteiger partial charge in [0.1, 0.15) is 12.4 Å². The Morgan fingerprint density at radius 3 is 2.64 bits per heavy atom. The first-order chi connectivity index (χ1) is 11.5. The lowest BCUT2D eigenvalue weighted by molar-refractivity contribution is 0.0671. The van der Waals surface area contributed by atoms with E-state index in [9.17, 15) is 13.9 Å². The summed E-state index contributed by atoms with van der Waals surface area (Å²) in [5.41, 5.74) is 0. The first-order valence-electron chi connectivity index (χ1n) is 8.40. The summed E-state index contributed by atoms with van der Waals surface area (Å²) in [4.78, 5) is 8.25. The molecule has 0 aliphatic heterocycles. The van der Waals surface area contributed by atoms with Crippen molar-refractivity contribution in [1.82, 2.24) is 20.2 Å². The maximum absolute atomic E-state index is 12.8. The van der Waals surface area contributed by atoms with Gasteiger partial charge in [0.2, 0.25) is 0 Å². The molecule has 0 spiro atoms. The lowest BCUT2D eigenvalue weighted by atomic mass is 9.94. The van der Waals surface area contributed by atoms with E-state index in [1.807, 2.05) is 6.92 Å². The van der Waals surface area contributed by atoms with Gasteiger partial charge >= 0.3 is 6.55 Å². The van der Waals surface area contributed by atoms with Crippen LogP contribution in [0.3, 0.4) is 0 Å². The molecule has 3 N–H and O–H groups in total. The maximum atomic E-state index is 12.8. The molecule has 0 aliphatic rings. The van der Waals surface area contributed by atoms with Crippen LogP contribution in [-0.2, 0) is 6.54 Å². The van der Waals surface area contributed by atoms with Crippen molar-refractivity contribution in [3.63, 3.8) is 0 Å². The van der Waals surface area contributed by atoms with Gasteiger partial charge in [-0.2, -0.15) is 8.78 Å². The van der Waals surface area contributed by atoms with Crippen molar-refractivity contribution in [1.29, 1.82) is 0 Å². The molecule has 0 amide bonds. The number of aliphatic imine (C=N–C) groups is 1. The highest BCUT2D eigenvalue weighted by Gasteiger charge is 2.13. The number of aliphatic hydroxyl groups excluding tert-OH is 1. The Balaban J connectivity index is 0.00000576. The van der Waals surface area contributed by atoms with Crippen molar-refractivity contribution in [2.75, 3.05) is 19.7 Å². The van der Waals surface area contributed by atoms with Crippen LogP contribution in [0.25, 0.3) is 0 Å². The average molecular weight is 473 g/mol. The highest BCUT2D eigenvalue weighted by Crippen LogP contribution is 2.14. The molecule has 1 aromatic rings. The zero-order valence-corrected chi connectivity index (χ0v) is 17.4. The summed E-state index contributed by atoms with van der Waals surface area (Å²) in [7, 11) is 0. The number of aromatic nitrogens is 2. The standard InChI is InChI=1S/C16H29F2N5O.HI/c1-4-19-16(21-10-13(5-8-24)9-12(2)3)22-11-14-20-6-7-23(14)15(17)18;/h6-7,12-13,15,24H,4-5,8-11H2,1-3H3,(H2,19,21,22);1H. The predicted molar refractivity (Wildman–Crippen MR) is 106 cm³/mol. The summed E-state index contributed by atoms with van der Waals surface area (Å²) < 4.78 is 26.4. The summed E-state index contributed by atoms with van der Waals surface area (Å²) in [6, 6.07) is 0. The molecule has 0 aliphatic carbocycles. The Hall–Kier alpha value is -0.970. The number of aliphatic hydroxyl groups is 1. The van der Waals surface area contributed by atoms with Crippen molar-refractivity contribution in [2.24, 2.45) is 16.8 Å². The highest BCUT2D eigenvalue weighted by molar-refractivity contribution is 14.0. The van der Waals surface area contributed by atoms with E-state index < -0.39 is 6.55 Å². The van der Waals surface area contributed by atoms with E-state index in [1.165, 1.54) is 12.4 Å². The van der Waals surface area contributed by atoms with Gasteiger partial charge < -0.3 is 15.7 Å². The zero-order chi connectivity index (χ0) is 17.9. The molecule has 1 rings (SSSR count). The van der Waals surface area contributed by atoms with Gasteiger partial charge in [-0.1, -0.05) is 13.8 Å². The van der Waals surface area contributed by atoms with Crippen LogP contribution in [0.1, 0.15) is 46.0 Å². The lowest BCUT2D eigenvalue weighted by Crippen LogP contribution is -2.40. The highest BCUT2D eigenvalue weighted by atomic mass is 127. The minimum atomic E-state index is -2.62. The molecule has 0 saturated carbocycles. The normalized spacial score (nSPS) is 13.0. The van der Waals surface area contributed by atoms with E-state index >= 15 is 0 Å². The number of nitrogens with one attached hydrogen (secondary N) is 2. The van der Waals surface area contributed by atoms with Gasteiger partial charge in [0, 0.05) is 32.1 Å². The van der Waals surface area contributed by atoms with Crippen molar-refractivity contribution < 1.29 is 13.9 Å². The third kappa shape index (κ3) is 9.34. The Labute approximate surface area is 165 Å². The second-order valence-corrected chi connectivity index (χ2v) is 6.11. The fourth-order valence-corrected chi connectivity index (χ4v) is 2.53. The molecule has 0 saturated heterocycles. The van der Waals surface area contributed by atoms with Crippen LogP contribution in [0.4, 0.5) is 8.78 Å². The Morgan fingerprint density at radius 1 is 1.36 bits per heavy atom. The number of alkyl halides is 2. The van der Waals surface area contributed by atoms with Crippen LogP contribution in [-0.4, -0.2) is 40.3 Å². The number of nitrogens with zero attached hydrogens (tertiary/aromatic N) is 3. The number of halogens is 3. The van der Waals surface area contributed by atoms with Crippen molar-refractivity contribution in [3.05, 3.63) is 18.2 Å². The van der Waals surface area contributed by atoms with E-state index in [1.54, 1.807) is 0 Å². The number of hydrogen-bond acceptors (Lipinski definition) is 3. The van der Waals surface area contributed by atoms with Crippen LogP contribution in [0.5, 0.6) is 0 Å². The summed E-state index contributed by atoms with van der Waals surface area (Å²) in [6.45, 7) is 5.18. The molecule has 1 heterocycles. The average Bonchev–Trinajstić information content (AvgIpc) is 2.98. The topological polar surface area (TPSA) is 74.5 Å². The maximum Gasteiger partial charge on any atom is 0.319 e. The minimum absolute atomic E-state index is 0. The van der Waals surface area contributed by atoms with E-state index in [-0.39, 0.29) is 43.0 Å². The van der Waals surface area contributed by atoms with Crippen LogP contribution in [0.15, 0.2) is 17.4 Å². The van der Waals surface area contributed by atoms with Crippen LogP contribution < -0.4 is 10.6 Å². The van der Waals surface area contributed by atoms with E-state index in [0.29, 0.717) is 30.9 Å². The van der Waals surface area contributed by atoms with Gasteiger partial charge in [0.05, 0.1) is 0 Å². The SMILES string of the molecule is CCNC(=NCc1nccn1C(F)F)NCC(CCO)CC(C)C.I. The van der Waals surface area contributed by atoms with Gasteiger partial charge in [0.15, 0.2) is 5.96 Å². The smallest absolute Gasteiger partial charge is 0.319 e. The van der Waals surface area contributed by atoms with Gasteiger partial charge in [-0.05, 0) is 31.6 Å². The van der Waals surface area contributed by atoms with Crippen molar-refractivity contribution >= 4 is 29.9 Å². The van der Waals surface area contributed by atoms with Crippen LogP contribution >= 0.6 is 24.0 Å². The molecule has 0 fully saturated rings. The molecule has 1 aromatic heterocycles. The van der Waals surface area contributed by atoms with Gasteiger partial charge in [-0.15, -0.1) is 24.0 Å². The second kappa shape index (κ2) is 13.3. The lowest BCUT2D eigenvalue weighted by Gasteiger charge is -2.20. The van der Waals surface area contributed by atoms with E-state index in [0.717, 1.165) is 17.4 Å². The summed E-state index contributed by atoms with van der Waals surface area (Å²) in [5.74, 6) is 1.66. The van der Waals surface area contributed by atoms with Crippen molar-refractivity contribution in [3.8, 4) is 0 Å². The van der Waals surface area contributed by atoms with Gasteiger partial charge in [-0.25, -0.2) is 9.98 Å². The summed E-state index contributed by atoms with van der Waals surface area (Å²) in [6.07, 6.45) is 4.32. The third-order valence-electron chi connectivity index (χ3n) is 3.58. The predicted octanol–water partition coefficient (Wildman–Crippen LogP) is 3.00. The molecular formula is C16H30F2IN5O. The van der Waals surface area contributed by atoms with E-state index in [2.05, 4.69) is 34.5 Å². The molecule has 0 radical (unpaired) electrons. The number of guanidine groups is 1. The van der Waals surface area contributed by atoms with Crippen molar-refractivity contribution in [2.45, 2.75) is 46.7 Å². The Kier molecular flexibility index (Phi) is 12.7. The number of rotatable bonds is 10. The molecule has 1 atom stereocenters. The van der Waals surface area contributed by atoms with E-state index in [4.69, 9.17) is 0 Å². The number of hydrogen-bond donors (Lipinski definition) is 3. The fraction of sp³-hybridized carbons (Fsp3) is 0.750. The second-order valence-electron chi connectivity index (χ2n) is 6.11. The largest absolute Gasteiger partial charge is 0.396 e. The van der Waals surface area contributed by atoms with Crippen LogP contribution in [0, 0.1) is 11.8 Å². The molecule has 146 valence electrons. The monoisotopic (exact) mass is 473 g/mol. The van der Waals surface area contributed by atoms with Gasteiger partial charge in [-0.3, -0.25) is 4.57 Å². The molecule has 0 bridgehead atoms. The molecule has 1 unspecified atom stereocenters. The molecule has 0 aromatic carbocycles. The Morgan fingerprint density at radius 2 is 2.08 bits per heavy atom. The van der Waals surface area contributed by atoms with Crippen LogP contribution in [0.2, 0.25) is 0 Å². The fourth-order valence-electron chi connectivity index (χ4n) is 2.53. The molecule has 25 heavy (non-hydrogen) atoms. The summed E-state index contributed by atoms with van der Waals surface area (Å²) >= 11 is 0. The summed E-state index contributed by atoms with van der Waals surface area (Å²) in [5, 5.41) is 15.5. The Bertz CT molecular complexity index is 497. The first kappa shape index (κ1) is 24.0. The quantitative estimate of drug-likeness (QED) is 0.278.